The van der Waals surface area contributed by atoms with Gasteiger partial charge in [0.15, 0.2) is 0 Å². The Kier molecular flexibility index (Phi) is 4.03. The summed E-state index contributed by atoms with van der Waals surface area (Å²) in [6, 6.07) is 8.34. The molecule has 2 aliphatic heterocycles. The lowest BCUT2D eigenvalue weighted by atomic mass is 9.94. The monoisotopic (exact) mass is 274 g/mol. The molecule has 1 atom stereocenters. The largest absolute Gasteiger partial charge is 0.381 e. The zero-order chi connectivity index (χ0) is 13.9. The molecule has 3 rings (SSSR count). The Labute approximate surface area is 120 Å². The van der Waals surface area contributed by atoms with E-state index >= 15 is 0 Å². The maximum Gasteiger partial charge on any atom is 0.228 e. The quantitative estimate of drug-likeness (QED) is 0.918. The molecule has 20 heavy (non-hydrogen) atoms. The van der Waals surface area contributed by atoms with Gasteiger partial charge in [-0.15, -0.1) is 0 Å². The molecule has 1 amide bonds. The van der Waals surface area contributed by atoms with Crippen LogP contribution in [0.25, 0.3) is 0 Å². The summed E-state index contributed by atoms with van der Waals surface area (Å²) in [7, 11) is 1.86. The third kappa shape index (κ3) is 2.72. The average molecular weight is 274 g/mol. The molecule has 2 aliphatic rings. The summed E-state index contributed by atoms with van der Waals surface area (Å²) >= 11 is 0. The number of amides is 1. The summed E-state index contributed by atoms with van der Waals surface area (Å²) < 4.78 is 5.39. The molecule has 1 unspecified atom stereocenters. The molecule has 2 heterocycles. The van der Waals surface area contributed by atoms with Gasteiger partial charge >= 0.3 is 0 Å². The second-order valence-corrected chi connectivity index (χ2v) is 5.73. The maximum atomic E-state index is 12.1. The van der Waals surface area contributed by atoms with Gasteiger partial charge in [-0.25, -0.2) is 0 Å². The molecular formula is C16H22N2O2. The van der Waals surface area contributed by atoms with Crippen LogP contribution >= 0.6 is 0 Å². The molecule has 1 aromatic carbocycles. The van der Waals surface area contributed by atoms with Crippen molar-refractivity contribution in [2.75, 3.05) is 31.7 Å². The molecule has 1 N–H and O–H groups in total. The van der Waals surface area contributed by atoms with E-state index in [1.807, 2.05) is 25.2 Å². The number of nitrogens with one attached hydrogen (secondary N) is 1. The lowest BCUT2D eigenvalue weighted by Gasteiger charge is -2.33. The average Bonchev–Trinajstić information content (AvgIpc) is 2.50. The van der Waals surface area contributed by atoms with Crippen LogP contribution in [0.15, 0.2) is 24.3 Å². The van der Waals surface area contributed by atoms with Gasteiger partial charge in [-0.2, -0.15) is 0 Å². The van der Waals surface area contributed by atoms with Crippen molar-refractivity contribution in [1.82, 2.24) is 5.32 Å². The number of nitrogens with zero attached hydrogens (tertiary/aromatic N) is 1. The number of hydrogen-bond acceptors (Lipinski definition) is 3. The van der Waals surface area contributed by atoms with E-state index in [1.165, 1.54) is 5.56 Å². The SMILES string of the molecule is CN1C(=O)CC(NCC2CCOCC2)c2ccccc21. The van der Waals surface area contributed by atoms with Crippen molar-refractivity contribution in [2.45, 2.75) is 25.3 Å². The first-order chi connectivity index (χ1) is 9.75. The highest BCUT2D eigenvalue weighted by Gasteiger charge is 2.29. The van der Waals surface area contributed by atoms with Crippen LogP contribution in [-0.2, 0) is 9.53 Å². The standard InChI is InChI=1S/C16H22N2O2/c1-18-15-5-3-2-4-13(15)14(10-16(18)19)17-11-12-6-8-20-9-7-12/h2-5,12,14,17H,6-11H2,1H3. The number of ether oxygens (including phenoxy) is 1. The van der Waals surface area contributed by atoms with Crippen LogP contribution in [0.2, 0.25) is 0 Å². The minimum atomic E-state index is 0.151. The van der Waals surface area contributed by atoms with Crippen LogP contribution in [0, 0.1) is 5.92 Å². The fourth-order valence-corrected chi connectivity index (χ4v) is 3.09. The summed E-state index contributed by atoms with van der Waals surface area (Å²) in [4.78, 5) is 13.9. The van der Waals surface area contributed by atoms with Crippen molar-refractivity contribution in [2.24, 2.45) is 5.92 Å². The van der Waals surface area contributed by atoms with Crippen molar-refractivity contribution in [3.8, 4) is 0 Å². The van der Waals surface area contributed by atoms with E-state index < -0.39 is 0 Å². The summed E-state index contributed by atoms with van der Waals surface area (Å²) in [5.41, 5.74) is 2.27. The minimum Gasteiger partial charge on any atom is -0.381 e. The molecule has 0 aliphatic carbocycles. The molecule has 4 heteroatoms. The number of rotatable bonds is 3. The maximum absolute atomic E-state index is 12.1. The lowest BCUT2D eigenvalue weighted by Crippen LogP contribution is -2.39. The van der Waals surface area contributed by atoms with Crippen molar-refractivity contribution in [3.05, 3.63) is 29.8 Å². The van der Waals surface area contributed by atoms with Crippen molar-refractivity contribution in [1.29, 1.82) is 0 Å². The van der Waals surface area contributed by atoms with Crippen LogP contribution in [0.4, 0.5) is 5.69 Å². The fourth-order valence-electron chi connectivity index (χ4n) is 3.09. The molecule has 0 bridgehead atoms. The van der Waals surface area contributed by atoms with E-state index in [4.69, 9.17) is 4.74 Å². The summed E-state index contributed by atoms with van der Waals surface area (Å²) in [5.74, 6) is 0.860. The lowest BCUT2D eigenvalue weighted by molar-refractivity contribution is -0.119. The second kappa shape index (κ2) is 5.94. The van der Waals surface area contributed by atoms with Gasteiger partial charge < -0.3 is 15.0 Å². The van der Waals surface area contributed by atoms with Gasteiger partial charge in [0.25, 0.3) is 0 Å². The van der Waals surface area contributed by atoms with E-state index in [0.717, 1.165) is 38.3 Å². The van der Waals surface area contributed by atoms with Crippen LogP contribution in [0.3, 0.4) is 0 Å². The van der Waals surface area contributed by atoms with E-state index in [0.29, 0.717) is 12.3 Å². The third-order valence-electron chi connectivity index (χ3n) is 4.42. The summed E-state index contributed by atoms with van der Waals surface area (Å²) in [5, 5.41) is 3.60. The van der Waals surface area contributed by atoms with Gasteiger partial charge in [0.1, 0.15) is 0 Å². The smallest absolute Gasteiger partial charge is 0.228 e. The van der Waals surface area contributed by atoms with Gasteiger partial charge in [-0.3, -0.25) is 4.79 Å². The molecule has 0 spiro atoms. The van der Waals surface area contributed by atoms with Gasteiger partial charge in [-0.05, 0) is 36.9 Å². The predicted molar refractivity (Wildman–Crippen MR) is 78.8 cm³/mol. The first-order valence-corrected chi connectivity index (χ1v) is 7.42. The molecule has 1 fully saturated rings. The van der Waals surface area contributed by atoms with E-state index in [2.05, 4.69) is 11.4 Å². The molecule has 0 aromatic heterocycles. The number of benzene rings is 1. The van der Waals surface area contributed by atoms with Crippen molar-refractivity contribution in [3.63, 3.8) is 0 Å². The molecule has 108 valence electrons. The topological polar surface area (TPSA) is 41.6 Å². The van der Waals surface area contributed by atoms with Crippen molar-refractivity contribution < 1.29 is 9.53 Å². The third-order valence-corrected chi connectivity index (χ3v) is 4.42. The first-order valence-electron chi connectivity index (χ1n) is 7.42. The van der Waals surface area contributed by atoms with Gasteiger partial charge in [0.05, 0.1) is 0 Å². The van der Waals surface area contributed by atoms with Gasteiger partial charge in [0, 0.05) is 38.4 Å². The predicted octanol–water partition coefficient (Wildman–Crippen LogP) is 2.11. The number of carbonyl (C=O) groups is 1. The molecule has 1 aromatic rings. The van der Waals surface area contributed by atoms with Gasteiger partial charge in [-0.1, -0.05) is 18.2 Å². The zero-order valence-corrected chi connectivity index (χ0v) is 12.0. The van der Waals surface area contributed by atoms with Crippen LogP contribution in [0.5, 0.6) is 0 Å². The molecule has 0 radical (unpaired) electrons. The summed E-state index contributed by atoms with van der Waals surface area (Å²) in [6.45, 7) is 2.71. The van der Waals surface area contributed by atoms with Crippen molar-refractivity contribution >= 4 is 11.6 Å². The highest BCUT2D eigenvalue weighted by Crippen LogP contribution is 2.33. The highest BCUT2D eigenvalue weighted by atomic mass is 16.5. The zero-order valence-electron chi connectivity index (χ0n) is 12.0. The number of carbonyl (C=O) groups excluding carboxylic acids is 1. The Morgan fingerprint density at radius 3 is 2.85 bits per heavy atom. The van der Waals surface area contributed by atoms with E-state index in [1.54, 1.807) is 4.90 Å². The second-order valence-electron chi connectivity index (χ2n) is 5.73. The van der Waals surface area contributed by atoms with Crippen LogP contribution in [0.1, 0.15) is 30.9 Å². The highest BCUT2D eigenvalue weighted by molar-refractivity contribution is 5.96. The Bertz CT molecular complexity index is 483. The van der Waals surface area contributed by atoms with E-state index in [-0.39, 0.29) is 11.9 Å². The van der Waals surface area contributed by atoms with Crippen LogP contribution < -0.4 is 10.2 Å². The summed E-state index contributed by atoms with van der Waals surface area (Å²) in [6.07, 6.45) is 2.79. The first kappa shape index (κ1) is 13.6. The number of anilines is 1. The van der Waals surface area contributed by atoms with Crippen LogP contribution in [-0.4, -0.2) is 32.7 Å². The number of para-hydroxylation sites is 1. The Hall–Kier alpha value is -1.39. The van der Waals surface area contributed by atoms with E-state index in [9.17, 15) is 4.79 Å². The number of fused-ring (bicyclic) bond motifs is 1. The minimum absolute atomic E-state index is 0.151. The van der Waals surface area contributed by atoms with Gasteiger partial charge in [0.2, 0.25) is 5.91 Å². The Morgan fingerprint density at radius 1 is 1.30 bits per heavy atom. The molecule has 0 saturated carbocycles. The normalized spacial score (nSPS) is 23.8. The Morgan fingerprint density at radius 2 is 2.05 bits per heavy atom. The fraction of sp³-hybridized carbons (Fsp3) is 0.562. The molecule has 1 saturated heterocycles. The molecule has 4 nitrogen and oxygen atoms in total. The molecular weight excluding hydrogens is 252 g/mol. The Balaban J connectivity index is 1.70. The number of hydrogen-bond donors (Lipinski definition) is 1.